The maximum atomic E-state index is 14.1. The largest absolute Gasteiger partial charge is 0.465 e. The lowest BCUT2D eigenvalue weighted by molar-refractivity contribution is -0.143. The van der Waals surface area contributed by atoms with Crippen LogP contribution in [0.3, 0.4) is 0 Å². The van der Waals surface area contributed by atoms with E-state index in [0.717, 1.165) is 11.3 Å². The molecule has 2 aromatic heterocycles. The minimum absolute atomic E-state index is 0.00880. The summed E-state index contributed by atoms with van der Waals surface area (Å²) in [6, 6.07) is 20.5. The summed E-state index contributed by atoms with van der Waals surface area (Å²) in [4.78, 5) is 12.3. The number of carbonyl (C=O) groups excluding carboxylic acids is 1. The smallest absolute Gasteiger partial charge is 0.325 e. The van der Waals surface area contributed by atoms with Gasteiger partial charge in [0.15, 0.2) is 0 Å². The number of hydrogen-bond acceptors (Lipinski definition) is 4. The van der Waals surface area contributed by atoms with Crippen molar-refractivity contribution >= 4 is 35.7 Å². The number of nitrogens with zero attached hydrogens (tertiary/aromatic N) is 2. The Balaban J connectivity index is 0.000000532. The summed E-state index contributed by atoms with van der Waals surface area (Å²) in [5.41, 5.74) is 2.74. The van der Waals surface area contributed by atoms with Crippen molar-refractivity contribution in [1.29, 1.82) is 0 Å². The van der Waals surface area contributed by atoms with E-state index in [-0.39, 0.29) is 33.3 Å². The van der Waals surface area contributed by atoms with Gasteiger partial charge in [-0.15, -0.1) is 0 Å². The highest BCUT2D eigenvalue weighted by molar-refractivity contribution is 7.90. The molecule has 0 saturated carbocycles. The Morgan fingerprint density at radius 2 is 1.62 bits per heavy atom. The molecule has 4 aromatic rings. The van der Waals surface area contributed by atoms with Gasteiger partial charge in [-0.25, -0.2) is 16.8 Å². The van der Waals surface area contributed by atoms with Gasteiger partial charge in [-0.1, -0.05) is 57.1 Å². The van der Waals surface area contributed by atoms with Crippen molar-refractivity contribution in [2.75, 3.05) is 6.61 Å². The number of rotatable bonds is 10. The molecule has 0 amide bonds. The van der Waals surface area contributed by atoms with Gasteiger partial charge in [0.25, 0.3) is 10.0 Å². The Bertz CT molecular complexity index is 1490. The molecule has 210 valence electrons. The van der Waals surface area contributed by atoms with E-state index in [9.17, 15) is 17.6 Å². The average molecular weight is 571 g/mol. The summed E-state index contributed by atoms with van der Waals surface area (Å²) in [5, 5.41) is 0.636. The first kappa shape index (κ1) is 30.4. The predicted octanol–water partition coefficient (Wildman–Crippen LogP) is 6.55. The molecule has 2 aromatic carbocycles. The zero-order valence-corrected chi connectivity index (χ0v) is 25.5. The van der Waals surface area contributed by atoms with E-state index in [1.165, 1.54) is 40.4 Å². The van der Waals surface area contributed by atoms with Crippen LogP contribution in [0, 0.1) is 12.7 Å². The van der Waals surface area contributed by atoms with Crippen molar-refractivity contribution in [3.05, 3.63) is 89.6 Å². The normalized spacial score (nSPS) is 11.5. The number of hydrogen-bond donors (Lipinski definition) is 0. The standard InChI is InChI=1S/C24H23FN2O4S.C6H16Si/c1-3-31-24(28)16-26-17(2)21(22-14-18(25)11-12-23(22)26)15-19-8-7-13-27(19)32(29,30)20-9-5-4-6-10-20;1-4-7(5-2)6-3/h4-14H,3,15-16H2,1-2H3;7H,4-6H2,1-3H3. The number of esters is 1. The first-order valence-electron chi connectivity index (χ1n) is 13.6. The number of carbonyl (C=O) groups is 1. The summed E-state index contributed by atoms with van der Waals surface area (Å²) in [6.45, 7) is 10.8. The van der Waals surface area contributed by atoms with Crippen LogP contribution >= 0.6 is 0 Å². The molecule has 0 bridgehead atoms. The number of benzene rings is 2. The molecule has 0 saturated heterocycles. The molecule has 39 heavy (non-hydrogen) atoms. The highest BCUT2D eigenvalue weighted by atomic mass is 32.2. The maximum absolute atomic E-state index is 14.1. The first-order chi connectivity index (χ1) is 18.7. The molecular weight excluding hydrogens is 531 g/mol. The number of fused-ring (bicyclic) bond motifs is 1. The van der Waals surface area contributed by atoms with E-state index in [0.29, 0.717) is 16.6 Å². The molecule has 6 nitrogen and oxygen atoms in total. The first-order valence-corrected chi connectivity index (χ1v) is 17.5. The number of halogens is 1. The molecule has 0 unspecified atom stereocenters. The molecule has 0 radical (unpaired) electrons. The quantitative estimate of drug-likeness (QED) is 0.160. The lowest BCUT2D eigenvalue weighted by Gasteiger charge is -2.11. The lowest BCUT2D eigenvalue weighted by Crippen LogP contribution is -2.16. The van der Waals surface area contributed by atoms with Crippen LogP contribution in [-0.4, -0.2) is 38.3 Å². The van der Waals surface area contributed by atoms with Crippen LogP contribution in [0.15, 0.2) is 71.8 Å². The third-order valence-electron chi connectivity index (χ3n) is 7.19. The Labute approximate surface area is 233 Å². The van der Waals surface area contributed by atoms with E-state index < -0.39 is 21.8 Å². The minimum atomic E-state index is -3.78. The topological polar surface area (TPSA) is 70.3 Å². The van der Waals surface area contributed by atoms with Gasteiger partial charge >= 0.3 is 5.97 Å². The predicted molar refractivity (Wildman–Crippen MR) is 158 cm³/mol. The monoisotopic (exact) mass is 570 g/mol. The second kappa shape index (κ2) is 13.8. The fourth-order valence-corrected chi connectivity index (χ4v) is 7.94. The van der Waals surface area contributed by atoms with Crippen molar-refractivity contribution in [2.45, 2.75) is 70.6 Å². The SMILES string of the molecule is CCOC(=O)Cn1c(C)c(Cc2cccn2S(=O)(=O)c2ccccc2)c2cc(F)ccc21.CC[SiH](CC)CC. The number of aromatic nitrogens is 2. The molecule has 0 aliphatic rings. The van der Waals surface area contributed by atoms with Crippen molar-refractivity contribution in [3.63, 3.8) is 0 Å². The summed E-state index contributed by atoms with van der Waals surface area (Å²) in [6.07, 6.45) is 1.76. The van der Waals surface area contributed by atoms with Crippen LogP contribution in [0.25, 0.3) is 10.9 Å². The zero-order valence-electron chi connectivity index (χ0n) is 23.5. The van der Waals surface area contributed by atoms with Gasteiger partial charge in [-0.2, -0.15) is 0 Å². The molecule has 0 atom stereocenters. The molecule has 4 rings (SSSR count). The minimum Gasteiger partial charge on any atom is -0.465 e. The molecule has 0 fully saturated rings. The summed E-state index contributed by atoms with van der Waals surface area (Å²) in [5.74, 6) is -0.794. The third-order valence-corrected chi connectivity index (χ3v) is 12.4. The second-order valence-electron chi connectivity index (χ2n) is 9.50. The zero-order chi connectivity index (χ0) is 28.6. The van der Waals surface area contributed by atoms with Gasteiger partial charge in [-0.05, 0) is 61.9 Å². The van der Waals surface area contributed by atoms with Crippen molar-refractivity contribution in [2.24, 2.45) is 0 Å². The van der Waals surface area contributed by atoms with Gasteiger partial charge < -0.3 is 9.30 Å². The maximum Gasteiger partial charge on any atom is 0.325 e. The Hall–Kier alpha value is -3.17. The van der Waals surface area contributed by atoms with E-state index >= 15 is 0 Å². The van der Waals surface area contributed by atoms with Gasteiger partial charge in [-0.3, -0.25) is 4.79 Å². The highest BCUT2D eigenvalue weighted by Crippen LogP contribution is 2.30. The van der Waals surface area contributed by atoms with Gasteiger partial charge in [0, 0.05) is 43.7 Å². The van der Waals surface area contributed by atoms with Gasteiger partial charge in [0.2, 0.25) is 0 Å². The van der Waals surface area contributed by atoms with Crippen LogP contribution in [0.5, 0.6) is 0 Å². The Kier molecular flexibility index (Phi) is 10.7. The Morgan fingerprint density at radius 1 is 0.949 bits per heavy atom. The van der Waals surface area contributed by atoms with Crippen LogP contribution in [-0.2, 0) is 32.5 Å². The van der Waals surface area contributed by atoms with Crippen LogP contribution in [0.1, 0.15) is 44.6 Å². The van der Waals surface area contributed by atoms with Gasteiger partial charge in [0.1, 0.15) is 12.4 Å². The molecule has 0 aliphatic carbocycles. The van der Waals surface area contributed by atoms with E-state index in [4.69, 9.17) is 4.74 Å². The van der Waals surface area contributed by atoms with Crippen LogP contribution in [0.4, 0.5) is 4.39 Å². The second-order valence-corrected chi connectivity index (χ2v) is 15.5. The molecule has 0 spiro atoms. The molecular formula is C30H39FN2O4SSi. The number of ether oxygens (including phenoxy) is 1. The molecule has 2 heterocycles. The fraction of sp³-hybridized carbons (Fsp3) is 0.367. The van der Waals surface area contributed by atoms with Crippen molar-refractivity contribution in [3.8, 4) is 0 Å². The lowest BCUT2D eigenvalue weighted by atomic mass is 10.1. The Morgan fingerprint density at radius 3 is 2.21 bits per heavy atom. The fourth-order valence-electron chi connectivity index (χ4n) is 4.81. The summed E-state index contributed by atoms with van der Waals surface area (Å²) in [7, 11) is -3.95. The summed E-state index contributed by atoms with van der Waals surface area (Å²) < 4.78 is 48.6. The van der Waals surface area contributed by atoms with E-state index in [1.807, 2.05) is 6.92 Å². The third kappa shape index (κ3) is 7.08. The average Bonchev–Trinajstić information content (AvgIpc) is 3.50. The van der Waals surface area contributed by atoms with E-state index in [2.05, 4.69) is 20.8 Å². The summed E-state index contributed by atoms with van der Waals surface area (Å²) >= 11 is 0. The van der Waals surface area contributed by atoms with Crippen LogP contribution in [0.2, 0.25) is 18.1 Å². The van der Waals surface area contributed by atoms with Gasteiger partial charge in [0.05, 0.1) is 11.5 Å². The van der Waals surface area contributed by atoms with E-state index in [1.54, 1.807) is 60.0 Å². The molecule has 0 N–H and O–H groups in total. The highest BCUT2D eigenvalue weighted by Gasteiger charge is 2.22. The molecule has 9 heteroatoms. The van der Waals surface area contributed by atoms with Crippen molar-refractivity contribution in [1.82, 2.24) is 8.54 Å². The molecule has 0 aliphatic heterocycles. The van der Waals surface area contributed by atoms with Crippen LogP contribution < -0.4 is 0 Å². The van der Waals surface area contributed by atoms with Crippen molar-refractivity contribution < 1.29 is 22.3 Å².